The van der Waals surface area contributed by atoms with E-state index in [-0.39, 0.29) is 0 Å². The first kappa shape index (κ1) is 12.2. The van der Waals surface area contributed by atoms with Crippen molar-refractivity contribution in [2.45, 2.75) is 13.8 Å². The third kappa shape index (κ3) is 3.35. The van der Waals surface area contributed by atoms with Gasteiger partial charge in [0.2, 0.25) is 0 Å². The van der Waals surface area contributed by atoms with E-state index in [0.717, 1.165) is 17.4 Å². The van der Waals surface area contributed by atoms with Gasteiger partial charge in [-0.25, -0.2) is 0 Å². The summed E-state index contributed by atoms with van der Waals surface area (Å²) in [5.41, 5.74) is 2.95. The van der Waals surface area contributed by atoms with E-state index in [0.29, 0.717) is 5.56 Å². The molecule has 0 aliphatic heterocycles. The standard InChI is InChI=1S/C15H16O/c1-3-5-7-14(6-4-2)15-10-8-13(12-16)9-11-15/h3-12H,1-2H3/b5-3-,6-4-,14-7+. The number of carbonyl (C=O) groups is 1. The van der Waals surface area contributed by atoms with Crippen molar-refractivity contribution in [2.24, 2.45) is 0 Å². The lowest BCUT2D eigenvalue weighted by molar-refractivity contribution is 0.112. The highest BCUT2D eigenvalue weighted by atomic mass is 16.1. The molecule has 82 valence electrons. The Labute approximate surface area is 96.8 Å². The summed E-state index contributed by atoms with van der Waals surface area (Å²) in [7, 11) is 0. The zero-order valence-corrected chi connectivity index (χ0v) is 9.68. The monoisotopic (exact) mass is 212 g/mol. The van der Waals surface area contributed by atoms with Crippen molar-refractivity contribution in [2.75, 3.05) is 0 Å². The van der Waals surface area contributed by atoms with Crippen molar-refractivity contribution in [3.63, 3.8) is 0 Å². The van der Waals surface area contributed by atoms with Crippen LogP contribution in [0.4, 0.5) is 0 Å². The molecule has 16 heavy (non-hydrogen) atoms. The van der Waals surface area contributed by atoms with Crippen LogP contribution in [-0.2, 0) is 0 Å². The SMILES string of the molecule is C\C=C/C=C(\C=C/C)c1ccc(C=O)cc1. The maximum absolute atomic E-state index is 10.5. The number of rotatable bonds is 4. The Morgan fingerprint density at radius 1 is 1.06 bits per heavy atom. The molecule has 0 unspecified atom stereocenters. The molecule has 0 amide bonds. The van der Waals surface area contributed by atoms with Crippen LogP contribution < -0.4 is 0 Å². The van der Waals surface area contributed by atoms with Gasteiger partial charge in [0.1, 0.15) is 6.29 Å². The van der Waals surface area contributed by atoms with Gasteiger partial charge in [-0.15, -0.1) is 0 Å². The Hall–Kier alpha value is -1.89. The van der Waals surface area contributed by atoms with Gasteiger partial charge in [0.25, 0.3) is 0 Å². The Morgan fingerprint density at radius 2 is 1.75 bits per heavy atom. The summed E-state index contributed by atoms with van der Waals surface area (Å²) >= 11 is 0. The first-order valence-electron chi connectivity index (χ1n) is 5.33. The molecule has 0 saturated heterocycles. The molecule has 1 aromatic carbocycles. The predicted molar refractivity (Wildman–Crippen MR) is 69.4 cm³/mol. The fourth-order valence-corrected chi connectivity index (χ4v) is 1.38. The van der Waals surface area contributed by atoms with Gasteiger partial charge in [-0.2, -0.15) is 0 Å². The van der Waals surface area contributed by atoms with E-state index < -0.39 is 0 Å². The molecular formula is C15H16O. The third-order valence-electron chi connectivity index (χ3n) is 2.19. The molecule has 1 heteroatoms. The van der Waals surface area contributed by atoms with Gasteiger partial charge in [-0.05, 0) is 25.0 Å². The van der Waals surface area contributed by atoms with Gasteiger partial charge in [-0.1, -0.05) is 54.6 Å². The molecule has 0 fully saturated rings. The summed E-state index contributed by atoms with van der Waals surface area (Å²) in [6, 6.07) is 7.57. The summed E-state index contributed by atoms with van der Waals surface area (Å²) in [6.07, 6.45) is 11.0. The van der Waals surface area contributed by atoms with Crippen LogP contribution in [0.15, 0.2) is 54.6 Å². The van der Waals surface area contributed by atoms with E-state index in [1.807, 2.05) is 56.3 Å². The Kier molecular flexibility index (Phi) is 5.00. The van der Waals surface area contributed by atoms with E-state index in [9.17, 15) is 4.79 Å². The summed E-state index contributed by atoms with van der Waals surface area (Å²) in [5, 5.41) is 0. The maximum Gasteiger partial charge on any atom is 0.150 e. The molecule has 0 atom stereocenters. The Bertz CT molecular complexity index is 419. The summed E-state index contributed by atoms with van der Waals surface area (Å²) < 4.78 is 0. The van der Waals surface area contributed by atoms with Gasteiger partial charge in [0.05, 0.1) is 0 Å². The van der Waals surface area contributed by atoms with E-state index in [1.54, 1.807) is 0 Å². The number of benzene rings is 1. The maximum atomic E-state index is 10.5. The van der Waals surface area contributed by atoms with Crippen molar-refractivity contribution in [3.05, 3.63) is 65.8 Å². The lowest BCUT2D eigenvalue weighted by atomic mass is 10.0. The molecule has 0 radical (unpaired) electrons. The number of aldehydes is 1. The molecule has 0 N–H and O–H groups in total. The summed E-state index contributed by atoms with van der Waals surface area (Å²) in [4.78, 5) is 10.5. The normalized spacial score (nSPS) is 12.5. The first-order valence-corrected chi connectivity index (χ1v) is 5.33. The topological polar surface area (TPSA) is 17.1 Å². The number of hydrogen-bond acceptors (Lipinski definition) is 1. The second-order valence-electron chi connectivity index (χ2n) is 3.39. The lowest BCUT2D eigenvalue weighted by Gasteiger charge is -2.01. The quantitative estimate of drug-likeness (QED) is 0.544. The number of carbonyl (C=O) groups excluding carboxylic acids is 1. The minimum absolute atomic E-state index is 0.703. The molecule has 1 nitrogen and oxygen atoms in total. The molecule has 0 spiro atoms. The highest BCUT2D eigenvalue weighted by Gasteiger charge is 1.96. The second kappa shape index (κ2) is 6.57. The van der Waals surface area contributed by atoms with Crippen molar-refractivity contribution >= 4 is 11.9 Å². The van der Waals surface area contributed by atoms with Crippen LogP contribution in [0, 0.1) is 0 Å². The molecule has 0 aliphatic carbocycles. The summed E-state index contributed by atoms with van der Waals surface area (Å²) in [6.45, 7) is 3.97. The summed E-state index contributed by atoms with van der Waals surface area (Å²) in [5.74, 6) is 0. The Morgan fingerprint density at radius 3 is 2.25 bits per heavy atom. The van der Waals surface area contributed by atoms with Crippen LogP contribution >= 0.6 is 0 Å². The largest absolute Gasteiger partial charge is 0.298 e. The minimum atomic E-state index is 0.703. The second-order valence-corrected chi connectivity index (χ2v) is 3.39. The average molecular weight is 212 g/mol. The van der Waals surface area contributed by atoms with E-state index in [1.165, 1.54) is 0 Å². The van der Waals surface area contributed by atoms with Gasteiger partial charge < -0.3 is 0 Å². The zero-order chi connectivity index (χ0) is 11.8. The molecule has 0 aromatic heterocycles. The smallest absolute Gasteiger partial charge is 0.150 e. The van der Waals surface area contributed by atoms with E-state index in [2.05, 4.69) is 12.2 Å². The predicted octanol–water partition coefficient (Wildman–Crippen LogP) is 4.03. The van der Waals surface area contributed by atoms with Crippen LogP contribution in [0.25, 0.3) is 5.57 Å². The van der Waals surface area contributed by atoms with Crippen LogP contribution in [-0.4, -0.2) is 6.29 Å². The van der Waals surface area contributed by atoms with E-state index >= 15 is 0 Å². The molecule has 0 aliphatic rings. The molecule has 0 bridgehead atoms. The lowest BCUT2D eigenvalue weighted by Crippen LogP contribution is -1.83. The van der Waals surface area contributed by atoms with Crippen LogP contribution in [0.5, 0.6) is 0 Å². The highest BCUT2D eigenvalue weighted by molar-refractivity contribution is 5.79. The van der Waals surface area contributed by atoms with E-state index in [4.69, 9.17) is 0 Å². The van der Waals surface area contributed by atoms with Crippen molar-refractivity contribution in [3.8, 4) is 0 Å². The van der Waals surface area contributed by atoms with Crippen LogP contribution in [0.2, 0.25) is 0 Å². The molecule has 0 saturated carbocycles. The van der Waals surface area contributed by atoms with Gasteiger partial charge in [-0.3, -0.25) is 4.79 Å². The van der Waals surface area contributed by atoms with Gasteiger partial charge >= 0.3 is 0 Å². The Balaban J connectivity index is 3.06. The minimum Gasteiger partial charge on any atom is -0.298 e. The van der Waals surface area contributed by atoms with Gasteiger partial charge in [0, 0.05) is 5.56 Å². The van der Waals surface area contributed by atoms with Crippen molar-refractivity contribution < 1.29 is 4.79 Å². The molecule has 0 heterocycles. The fraction of sp³-hybridized carbons (Fsp3) is 0.133. The average Bonchev–Trinajstić information content (AvgIpc) is 2.35. The number of allylic oxidation sites excluding steroid dienone is 6. The molecule has 1 rings (SSSR count). The molecular weight excluding hydrogens is 196 g/mol. The van der Waals surface area contributed by atoms with Crippen molar-refractivity contribution in [1.82, 2.24) is 0 Å². The fourth-order valence-electron chi connectivity index (χ4n) is 1.38. The zero-order valence-electron chi connectivity index (χ0n) is 9.68. The van der Waals surface area contributed by atoms with Gasteiger partial charge in [0.15, 0.2) is 0 Å². The van der Waals surface area contributed by atoms with Crippen molar-refractivity contribution in [1.29, 1.82) is 0 Å². The molecule has 1 aromatic rings. The highest BCUT2D eigenvalue weighted by Crippen LogP contribution is 2.16. The third-order valence-corrected chi connectivity index (χ3v) is 2.19. The first-order chi connectivity index (χ1) is 7.81. The number of hydrogen-bond donors (Lipinski definition) is 0. The van der Waals surface area contributed by atoms with Crippen LogP contribution in [0.3, 0.4) is 0 Å². The van der Waals surface area contributed by atoms with Crippen LogP contribution in [0.1, 0.15) is 29.8 Å².